The second-order valence-electron chi connectivity index (χ2n) is 6.24. The van der Waals surface area contributed by atoms with Gasteiger partial charge in [0.25, 0.3) is 5.91 Å². The van der Waals surface area contributed by atoms with Crippen LogP contribution in [0, 0.1) is 13.8 Å². The minimum absolute atomic E-state index is 0.110. The predicted molar refractivity (Wildman–Crippen MR) is 115 cm³/mol. The molecule has 1 N–H and O–H groups in total. The number of ether oxygens (including phenoxy) is 1. The van der Waals surface area contributed by atoms with Crippen molar-refractivity contribution in [3.8, 4) is 5.69 Å². The second kappa shape index (κ2) is 9.62. The topological polar surface area (TPSA) is 73.2 Å². The van der Waals surface area contributed by atoms with Gasteiger partial charge in [-0.3, -0.25) is 9.59 Å². The second-order valence-corrected chi connectivity index (χ2v) is 7.73. The van der Waals surface area contributed by atoms with Crippen LogP contribution in [0.15, 0.2) is 59.5 Å². The van der Waals surface area contributed by atoms with Crippen LogP contribution in [0.4, 0.5) is 5.69 Å². The molecule has 0 radical (unpaired) electrons. The third-order valence-corrected chi connectivity index (χ3v) is 5.33. The van der Waals surface area contributed by atoms with Gasteiger partial charge in [-0.05, 0) is 50.2 Å². The SMILES string of the molecule is Cc1nn(-c2ccccc2)c(C)c1NC(=O)COC(=O)CSc1ccc(Cl)cc1. The minimum Gasteiger partial charge on any atom is -0.455 e. The zero-order chi connectivity index (χ0) is 20.8. The van der Waals surface area contributed by atoms with Crippen molar-refractivity contribution in [1.29, 1.82) is 0 Å². The summed E-state index contributed by atoms with van der Waals surface area (Å²) >= 11 is 7.15. The third kappa shape index (κ3) is 5.62. The molecule has 6 nitrogen and oxygen atoms in total. The molecule has 0 fully saturated rings. The molecular formula is C21H20ClN3O3S. The molecule has 1 aromatic heterocycles. The Labute approximate surface area is 178 Å². The lowest BCUT2D eigenvalue weighted by Crippen LogP contribution is -2.22. The van der Waals surface area contributed by atoms with Gasteiger partial charge in [-0.2, -0.15) is 5.10 Å². The highest BCUT2D eigenvalue weighted by atomic mass is 35.5. The van der Waals surface area contributed by atoms with E-state index in [0.717, 1.165) is 16.3 Å². The number of nitrogens with zero attached hydrogens (tertiary/aromatic N) is 2. The maximum Gasteiger partial charge on any atom is 0.316 e. The summed E-state index contributed by atoms with van der Waals surface area (Å²) in [7, 11) is 0. The highest BCUT2D eigenvalue weighted by molar-refractivity contribution is 8.00. The number of carbonyl (C=O) groups excluding carboxylic acids is 2. The van der Waals surface area contributed by atoms with Gasteiger partial charge in [0.2, 0.25) is 0 Å². The van der Waals surface area contributed by atoms with E-state index in [4.69, 9.17) is 16.3 Å². The summed E-state index contributed by atoms with van der Waals surface area (Å²) in [6.45, 7) is 3.34. The largest absolute Gasteiger partial charge is 0.455 e. The van der Waals surface area contributed by atoms with Gasteiger partial charge in [-0.1, -0.05) is 29.8 Å². The van der Waals surface area contributed by atoms with Gasteiger partial charge in [0, 0.05) is 9.92 Å². The predicted octanol–water partition coefficient (Wildman–Crippen LogP) is 4.42. The number of aryl methyl sites for hydroxylation is 1. The first-order chi connectivity index (χ1) is 13.9. The van der Waals surface area contributed by atoms with E-state index in [1.165, 1.54) is 11.8 Å². The van der Waals surface area contributed by atoms with E-state index < -0.39 is 11.9 Å². The average Bonchev–Trinajstić information content (AvgIpc) is 3.00. The van der Waals surface area contributed by atoms with Crippen molar-refractivity contribution in [3.05, 3.63) is 71.0 Å². The van der Waals surface area contributed by atoms with E-state index in [0.29, 0.717) is 16.4 Å². The lowest BCUT2D eigenvalue weighted by atomic mass is 10.3. The number of hydrogen-bond donors (Lipinski definition) is 1. The van der Waals surface area contributed by atoms with Crippen molar-refractivity contribution < 1.29 is 14.3 Å². The number of aromatic nitrogens is 2. The average molecular weight is 430 g/mol. The van der Waals surface area contributed by atoms with Crippen LogP contribution in [0.5, 0.6) is 0 Å². The van der Waals surface area contributed by atoms with E-state index in [2.05, 4.69) is 10.4 Å². The summed E-state index contributed by atoms with van der Waals surface area (Å²) in [4.78, 5) is 25.0. The molecule has 3 aromatic rings. The molecule has 0 saturated heterocycles. The van der Waals surface area contributed by atoms with Gasteiger partial charge >= 0.3 is 5.97 Å². The number of nitrogens with one attached hydrogen (secondary N) is 1. The molecule has 2 aromatic carbocycles. The Kier molecular flexibility index (Phi) is 6.95. The fourth-order valence-electron chi connectivity index (χ4n) is 2.68. The molecule has 3 rings (SSSR count). The lowest BCUT2D eigenvalue weighted by molar-refractivity contribution is -0.144. The molecular weight excluding hydrogens is 410 g/mol. The number of carbonyl (C=O) groups is 2. The van der Waals surface area contributed by atoms with Gasteiger partial charge in [0.15, 0.2) is 6.61 Å². The summed E-state index contributed by atoms with van der Waals surface area (Å²) in [5.74, 6) is -0.763. The number of esters is 1. The van der Waals surface area contributed by atoms with Crippen LogP contribution in [-0.2, 0) is 14.3 Å². The van der Waals surface area contributed by atoms with Crippen molar-refractivity contribution in [2.45, 2.75) is 18.7 Å². The number of amides is 1. The van der Waals surface area contributed by atoms with Crippen molar-refractivity contribution in [2.24, 2.45) is 0 Å². The lowest BCUT2D eigenvalue weighted by Gasteiger charge is -2.08. The standard InChI is InChI=1S/C21H20ClN3O3S/c1-14-21(15(2)25(24-14)17-6-4-3-5-7-17)23-19(26)12-28-20(27)13-29-18-10-8-16(22)9-11-18/h3-11H,12-13H2,1-2H3,(H,23,26). The van der Waals surface area contributed by atoms with Crippen LogP contribution in [0.25, 0.3) is 5.69 Å². The van der Waals surface area contributed by atoms with Crippen LogP contribution in [0.1, 0.15) is 11.4 Å². The molecule has 150 valence electrons. The molecule has 8 heteroatoms. The molecule has 1 heterocycles. The summed E-state index contributed by atoms with van der Waals surface area (Å²) in [6, 6.07) is 16.8. The van der Waals surface area contributed by atoms with Gasteiger partial charge in [-0.15, -0.1) is 11.8 Å². The maximum absolute atomic E-state index is 12.2. The minimum atomic E-state index is -0.464. The molecule has 0 spiro atoms. The maximum atomic E-state index is 12.2. The summed E-state index contributed by atoms with van der Waals surface area (Å²) in [5.41, 5.74) is 3.00. The fourth-order valence-corrected chi connectivity index (χ4v) is 3.50. The normalized spacial score (nSPS) is 10.6. The molecule has 0 bridgehead atoms. The molecule has 0 aliphatic carbocycles. The molecule has 0 saturated carbocycles. The number of thioether (sulfide) groups is 1. The van der Waals surface area contributed by atoms with E-state index >= 15 is 0 Å². The number of para-hydroxylation sites is 1. The fraction of sp³-hybridized carbons (Fsp3) is 0.190. The summed E-state index contributed by atoms with van der Waals surface area (Å²) in [6.07, 6.45) is 0. The van der Waals surface area contributed by atoms with E-state index in [-0.39, 0.29) is 12.4 Å². The van der Waals surface area contributed by atoms with Crippen LogP contribution in [0.3, 0.4) is 0 Å². The monoisotopic (exact) mass is 429 g/mol. The first-order valence-electron chi connectivity index (χ1n) is 8.89. The Morgan fingerprint density at radius 3 is 2.48 bits per heavy atom. The summed E-state index contributed by atoms with van der Waals surface area (Å²) < 4.78 is 6.83. The van der Waals surface area contributed by atoms with Crippen LogP contribution >= 0.6 is 23.4 Å². The quantitative estimate of drug-likeness (QED) is 0.444. The van der Waals surface area contributed by atoms with Crippen LogP contribution in [-0.4, -0.2) is 34.0 Å². The van der Waals surface area contributed by atoms with Crippen LogP contribution in [0.2, 0.25) is 5.02 Å². The van der Waals surface area contributed by atoms with Crippen molar-refractivity contribution in [3.63, 3.8) is 0 Å². The zero-order valence-electron chi connectivity index (χ0n) is 16.0. The van der Waals surface area contributed by atoms with Crippen LogP contribution < -0.4 is 5.32 Å². The molecule has 0 atom stereocenters. The van der Waals surface area contributed by atoms with Crippen molar-refractivity contribution in [1.82, 2.24) is 9.78 Å². The molecule has 0 unspecified atom stereocenters. The van der Waals surface area contributed by atoms with Gasteiger partial charge in [0.1, 0.15) is 0 Å². The summed E-state index contributed by atoms with van der Waals surface area (Å²) in [5, 5.41) is 7.90. The van der Waals surface area contributed by atoms with Gasteiger partial charge in [0.05, 0.1) is 28.5 Å². The van der Waals surface area contributed by atoms with E-state index in [1.54, 1.807) is 16.8 Å². The number of anilines is 1. The number of hydrogen-bond acceptors (Lipinski definition) is 5. The van der Waals surface area contributed by atoms with Crippen molar-refractivity contribution in [2.75, 3.05) is 17.7 Å². The first kappa shape index (κ1) is 21.0. The van der Waals surface area contributed by atoms with Crippen molar-refractivity contribution >= 4 is 40.9 Å². The molecule has 29 heavy (non-hydrogen) atoms. The number of benzene rings is 2. The Bertz CT molecular complexity index is 1000. The molecule has 1 amide bonds. The zero-order valence-corrected chi connectivity index (χ0v) is 17.6. The van der Waals surface area contributed by atoms with Gasteiger partial charge < -0.3 is 10.1 Å². The third-order valence-electron chi connectivity index (χ3n) is 4.09. The Morgan fingerprint density at radius 2 is 1.79 bits per heavy atom. The Morgan fingerprint density at radius 1 is 1.10 bits per heavy atom. The highest BCUT2D eigenvalue weighted by Crippen LogP contribution is 2.23. The smallest absolute Gasteiger partial charge is 0.316 e. The Balaban J connectivity index is 1.52. The first-order valence-corrected chi connectivity index (χ1v) is 10.3. The van der Waals surface area contributed by atoms with Gasteiger partial charge in [-0.25, -0.2) is 4.68 Å². The number of rotatable bonds is 7. The van der Waals surface area contributed by atoms with E-state index in [1.807, 2.05) is 56.3 Å². The number of halogens is 1. The van der Waals surface area contributed by atoms with E-state index in [9.17, 15) is 9.59 Å². The molecule has 0 aliphatic heterocycles. The highest BCUT2D eigenvalue weighted by Gasteiger charge is 2.16. The Hall–Kier alpha value is -2.77. The molecule has 0 aliphatic rings.